The molecular weight excluding hydrogens is 268 g/mol. The second kappa shape index (κ2) is 7.02. The minimum Gasteiger partial charge on any atom is -0.376 e. The molecule has 1 atom stereocenters. The minimum absolute atomic E-state index is 0.0236. The summed E-state index contributed by atoms with van der Waals surface area (Å²) in [4.78, 5) is 14.4. The van der Waals surface area contributed by atoms with Gasteiger partial charge in [-0.3, -0.25) is 4.79 Å². The fourth-order valence-electron chi connectivity index (χ4n) is 3.10. The van der Waals surface area contributed by atoms with E-state index >= 15 is 0 Å². The van der Waals surface area contributed by atoms with Gasteiger partial charge >= 0.3 is 0 Å². The Hall–Kier alpha value is -1.43. The second-order valence-corrected chi connectivity index (χ2v) is 6.02. The molecule has 1 aromatic heterocycles. The molecule has 6 nitrogen and oxygen atoms in total. The van der Waals surface area contributed by atoms with Crippen LogP contribution < -0.4 is 0 Å². The van der Waals surface area contributed by atoms with Crippen molar-refractivity contribution in [2.45, 2.75) is 57.6 Å². The van der Waals surface area contributed by atoms with Gasteiger partial charge in [0, 0.05) is 19.7 Å². The topological polar surface area (TPSA) is 60.3 Å². The van der Waals surface area contributed by atoms with E-state index in [4.69, 9.17) is 4.74 Å². The Labute approximate surface area is 125 Å². The van der Waals surface area contributed by atoms with Gasteiger partial charge < -0.3 is 9.64 Å². The molecule has 3 rings (SSSR count). The molecule has 0 radical (unpaired) electrons. The van der Waals surface area contributed by atoms with E-state index in [2.05, 4.69) is 10.3 Å². The predicted molar refractivity (Wildman–Crippen MR) is 78.0 cm³/mol. The maximum Gasteiger partial charge on any atom is 0.276 e. The first-order valence-corrected chi connectivity index (χ1v) is 8.14. The van der Waals surface area contributed by atoms with E-state index < -0.39 is 0 Å². The summed E-state index contributed by atoms with van der Waals surface area (Å²) < 4.78 is 7.33. The van der Waals surface area contributed by atoms with Gasteiger partial charge in [-0.2, -0.15) is 0 Å². The second-order valence-electron chi connectivity index (χ2n) is 6.02. The number of aromatic nitrogens is 3. The van der Waals surface area contributed by atoms with Gasteiger partial charge in [0.15, 0.2) is 5.69 Å². The number of likely N-dealkylation sites (tertiary alicyclic amines) is 1. The van der Waals surface area contributed by atoms with Gasteiger partial charge in [0.25, 0.3) is 5.91 Å². The van der Waals surface area contributed by atoms with Crippen LogP contribution in [-0.2, 0) is 11.3 Å². The van der Waals surface area contributed by atoms with Crippen molar-refractivity contribution in [2.75, 3.05) is 19.7 Å². The Morgan fingerprint density at radius 3 is 2.67 bits per heavy atom. The number of carbonyl (C=O) groups excluding carboxylic acids is 1. The van der Waals surface area contributed by atoms with Crippen LogP contribution in [0.25, 0.3) is 0 Å². The average Bonchev–Trinajstić information content (AvgIpc) is 3.10. The van der Waals surface area contributed by atoms with Crippen LogP contribution in [0.5, 0.6) is 0 Å². The third-order valence-corrected chi connectivity index (χ3v) is 4.32. The van der Waals surface area contributed by atoms with Gasteiger partial charge in [-0.05, 0) is 25.7 Å². The van der Waals surface area contributed by atoms with Gasteiger partial charge in [-0.1, -0.05) is 24.5 Å². The van der Waals surface area contributed by atoms with Crippen molar-refractivity contribution in [3.8, 4) is 0 Å². The van der Waals surface area contributed by atoms with Crippen molar-refractivity contribution >= 4 is 5.91 Å². The Morgan fingerprint density at radius 1 is 1.19 bits per heavy atom. The van der Waals surface area contributed by atoms with Crippen LogP contribution >= 0.6 is 0 Å². The first-order chi connectivity index (χ1) is 10.3. The summed E-state index contributed by atoms with van der Waals surface area (Å²) in [6, 6.07) is 0. The van der Waals surface area contributed by atoms with Crippen LogP contribution in [0.4, 0.5) is 0 Å². The third kappa shape index (κ3) is 3.81. The predicted octanol–water partition coefficient (Wildman–Crippen LogP) is 1.86. The van der Waals surface area contributed by atoms with Gasteiger partial charge in [0.05, 0.1) is 18.8 Å². The zero-order valence-electron chi connectivity index (χ0n) is 12.5. The number of amides is 1. The number of carbonyl (C=O) groups is 1. The van der Waals surface area contributed by atoms with Crippen LogP contribution in [0.2, 0.25) is 0 Å². The first kappa shape index (κ1) is 14.5. The Morgan fingerprint density at radius 2 is 1.95 bits per heavy atom. The lowest BCUT2D eigenvalue weighted by Crippen LogP contribution is -2.34. The molecule has 1 amide bonds. The Kier molecular flexibility index (Phi) is 4.85. The summed E-state index contributed by atoms with van der Waals surface area (Å²) >= 11 is 0. The molecule has 0 aliphatic carbocycles. The molecule has 0 unspecified atom stereocenters. The molecule has 2 fully saturated rings. The number of nitrogens with zero attached hydrogens (tertiary/aromatic N) is 4. The zero-order chi connectivity index (χ0) is 14.5. The Bertz CT molecular complexity index is 460. The molecule has 1 aromatic rings. The monoisotopic (exact) mass is 292 g/mol. The van der Waals surface area contributed by atoms with Crippen LogP contribution in [-0.4, -0.2) is 51.6 Å². The quantitative estimate of drug-likeness (QED) is 0.853. The maximum atomic E-state index is 12.5. The first-order valence-electron chi connectivity index (χ1n) is 8.14. The molecule has 0 aromatic carbocycles. The summed E-state index contributed by atoms with van der Waals surface area (Å²) in [5.74, 6) is 0.0236. The highest BCUT2D eigenvalue weighted by Crippen LogP contribution is 2.15. The SMILES string of the molecule is O=C(c1cn(C[C@@H]2CCCO2)nn1)N1CCCCCCC1. The summed E-state index contributed by atoms with van der Waals surface area (Å²) in [5.41, 5.74) is 0.466. The lowest BCUT2D eigenvalue weighted by Gasteiger charge is -2.23. The van der Waals surface area contributed by atoms with Crippen LogP contribution in [0.3, 0.4) is 0 Å². The highest BCUT2D eigenvalue weighted by atomic mass is 16.5. The molecule has 3 heterocycles. The van der Waals surface area contributed by atoms with Crippen molar-refractivity contribution in [3.63, 3.8) is 0 Å². The largest absolute Gasteiger partial charge is 0.376 e. The highest BCUT2D eigenvalue weighted by Gasteiger charge is 2.21. The van der Waals surface area contributed by atoms with Gasteiger partial charge in [0.1, 0.15) is 0 Å². The van der Waals surface area contributed by atoms with E-state index in [0.29, 0.717) is 12.2 Å². The van der Waals surface area contributed by atoms with Gasteiger partial charge in [-0.25, -0.2) is 4.68 Å². The number of ether oxygens (including phenoxy) is 1. The van der Waals surface area contributed by atoms with E-state index in [0.717, 1.165) is 45.4 Å². The van der Waals surface area contributed by atoms with E-state index in [1.165, 1.54) is 19.3 Å². The van der Waals surface area contributed by atoms with E-state index in [9.17, 15) is 4.79 Å². The summed E-state index contributed by atoms with van der Waals surface area (Å²) in [6.45, 7) is 3.22. The minimum atomic E-state index is 0.0236. The molecular formula is C15H24N4O2. The van der Waals surface area contributed by atoms with Crippen molar-refractivity contribution in [1.82, 2.24) is 19.9 Å². The third-order valence-electron chi connectivity index (χ3n) is 4.32. The van der Waals surface area contributed by atoms with Crippen molar-refractivity contribution in [1.29, 1.82) is 0 Å². The molecule has 6 heteroatoms. The van der Waals surface area contributed by atoms with E-state index in [1.54, 1.807) is 10.9 Å². The molecule has 0 N–H and O–H groups in total. The molecule has 2 aliphatic rings. The molecule has 0 bridgehead atoms. The lowest BCUT2D eigenvalue weighted by molar-refractivity contribution is 0.0736. The summed E-state index contributed by atoms with van der Waals surface area (Å²) in [5, 5.41) is 8.13. The Balaban J connectivity index is 1.59. The fraction of sp³-hybridized carbons (Fsp3) is 0.800. The fourth-order valence-corrected chi connectivity index (χ4v) is 3.10. The van der Waals surface area contributed by atoms with Crippen molar-refractivity contribution in [2.24, 2.45) is 0 Å². The van der Waals surface area contributed by atoms with Crippen LogP contribution in [0, 0.1) is 0 Å². The molecule has 2 saturated heterocycles. The summed E-state index contributed by atoms with van der Waals surface area (Å²) in [6.07, 6.45) is 10.1. The van der Waals surface area contributed by atoms with Crippen LogP contribution in [0.15, 0.2) is 6.20 Å². The molecule has 21 heavy (non-hydrogen) atoms. The van der Waals surface area contributed by atoms with E-state index in [1.807, 2.05) is 4.90 Å². The van der Waals surface area contributed by atoms with Crippen LogP contribution in [0.1, 0.15) is 55.4 Å². The highest BCUT2D eigenvalue weighted by molar-refractivity contribution is 5.91. The molecule has 2 aliphatic heterocycles. The average molecular weight is 292 g/mol. The number of hydrogen-bond acceptors (Lipinski definition) is 4. The maximum absolute atomic E-state index is 12.5. The van der Waals surface area contributed by atoms with Crippen molar-refractivity contribution < 1.29 is 9.53 Å². The summed E-state index contributed by atoms with van der Waals surface area (Å²) in [7, 11) is 0. The smallest absolute Gasteiger partial charge is 0.276 e. The number of hydrogen-bond donors (Lipinski definition) is 0. The van der Waals surface area contributed by atoms with Gasteiger partial charge in [0.2, 0.25) is 0 Å². The lowest BCUT2D eigenvalue weighted by atomic mass is 10.1. The molecule has 0 saturated carbocycles. The van der Waals surface area contributed by atoms with Crippen molar-refractivity contribution in [3.05, 3.63) is 11.9 Å². The zero-order valence-corrected chi connectivity index (χ0v) is 12.5. The molecule has 0 spiro atoms. The van der Waals surface area contributed by atoms with E-state index in [-0.39, 0.29) is 12.0 Å². The van der Waals surface area contributed by atoms with Gasteiger partial charge in [-0.15, -0.1) is 5.10 Å². The normalized spacial score (nSPS) is 23.8. The number of rotatable bonds is 3. The standard InChI is InChI=1S/C15H24N4O2/c20-15(18-8-4-2-1-3-5-9-18)14-12-19(17-16-14)11-13-7-6-10-21-13/h12-13H,1-11H2/t13-/m0/s1. The molecule has 116 valence electrons.